The van der Waals surface area contributed by atoms with Gasteiger partial charge in [0.2, 0.25) is 0 Å². The number of halogens is 1. The van der Waals surface area contributed by atoms with E-state index < -0.39 is 16.0 Å². The molecule has 104 valence electrons. The van der Waals surface area contributed by atoms with E-state index in [9.17, 15) is 18.3 Å². The van der Waals surface area contributed by atoms with Gasteiger partial charge in [0.1, 0.15) is 0 Å². The molecule has 2 aromatic carbocycles. The van der Waals surface area contributed by atoms with E-state index in [1.54, 1.807) is 0 Å². The first-order chi connectivity index (χ1) is 9.40. The van der Waals surface area contributed by atoms with Gasteiger partial charge in [-0.25, -0.2) is 8.42 Å². The molecule has 0 unspecified atom stereocenters. The molecule has 0 aromatic heterocycles. The number of hydrogen-bond donors (Lipinski definition) is 1. The Labute approximate surface area is 120 Å². The van der Waals surface area contributed by atoms with E-state index in [4.69, 9.17) is 11.6 Å². The van der Waals surface area contributed by atoms with Crippen LogP contribution >= 0.6 is 11.6 Å². The summed E-state index contributed by atoms with van der Waals surface area (Å²) < 4.78 is 26.5. The van der Waals surface area contributed by atoms with Crippen LogP contribution < -0.4 is 9.83 Å². The summed E-state index contributed by atoms with van der Waals surface area (Å²) in [6.07, 6.45) is 0. The number of rotatable bonds is 4. The number of anilines is 1. The molecule has 0 atom stereocenters. The van der Waals surface area contributed by atoms with Crippen molar-refractivity contribution in [2.24, 2.45) is 0 Å². The smallest absolute Gasteiger partial charge is 0.261 e. The van der Waals surface area contributed by atoms with E-state index in [0.717, 1.165) is 0 Å². The van der Waals surface area contributed by atoms with Crippen LogP contribution in [0, 0.1) is 0 Å². The molecule has 0 saturated carbocycles. The Morgan fingerprint density at radius 1 is 1.05 bits per heavy atom. The van der Waals surface area contributed by atoms with E-state index in [0.29, 0.717) is 5.02 Å². The third-order valence-electron chi connectivity index (χ3n) is 2.52. The lowest BCUT2D eigenvalue weighted by Crippen LogP contribution is -2.24. The highest BCUT2D eigenvalue weighted by Gasteiger charge is 2.15. The summed E-state index contributed by atoms with van der Waals surface area (Å²) >= 11 is 5.69. The van der Waals surface area contributed by atoms with Gasteiger partial charge in [-0.3, -0.25) is 4.72 Å². The third kappa shape index (κ3) is 3.09. The SMILES string of the molecule is O=C([O-])c1ccccc1NS(=O)(=O)c1ccc(Cl)cc1. The fraction of sp³-hybridized carbons (Fsp3) is 0. The first-order valence-corrected chi connectivity index (χ1v) is 7.35. The normalized spacial score (nSPS) is 11.1. The molecule has 5 nitrogen and oxygen atoms in total. The van der Waals surface area contributed by atoms with Crippen molar-refractivity contribution in [3.63, 3.8) is 0 Å². The number of carbonyl (C=O) groups excluding carboxylic acids is 1. The summed E-state index contributed by atoms with van der Waals surface area (Å²) in [6, 6.07) is 11.1. The van der Waals surface area contributed by atoms with Gasteiger partial charge in [0.25, 0.3) is 10.0 Å². The van der Waals surface area contributed by atoms with Crippen LogP contribution in [-0.4, -0.2) is 14.4 Å². The second-order valence-corrected chi connectivity index (χ2v) is 6.01. The summed E-state index contributed by atoms with van der Waals surface area (Å²) in [5.74, 6) is -1.46. The van der Waals surface area contributed by atoms with Gasteiger partial charge >= 0.3 is 0 Å². The lowest BCUT2D eigenvalue weighted by molar-refractivity contribution is -0.254. The first kappa shape index (κ1) is 14.4. The Morgan fingerprint density at radius 2 is 1.65 bits per heavy atom. The molecule has 0 fully saturated rings. The van der Waals surface area contributed by atoms with E-state index in [1.165, 1.54) is 48.5 Å². The number of carboxylic acid groups (broad SMARTS) is 1. The molecule has 0 heterocycles. The topological polar surface area (TPSA) is 86.3 Å². The zero-order valence-electron chi connectivity index (χ0n) is 10.0. The average molecular weight is 311 g/mol. The van der Waals surface area contributed by atoms with Crippen LogP contribution in [0.1, 0.15) is 10.4 Å². The van der Waals surface area contributed by atoms with Crippen molar-refractivity contribution in [1.82, 2.24) is 0 Å². The van der Waals surface area contributed by atoms with E-state index in [-0.39, 0.29) is 16.1 Å². The number of hydrogen-bond acceptors (Lipinski definition) is 4. The van der Waals surface area contributed by atoms with Gasteiger partial charge in [-0.2, -0.15) is 0 Å². The molecule has 0 saturated heterocycles. The fourth-order valence-corrected chi connectivity index (χ4v) is 2.77. The molecule has 2 rings (SSSR count). The Kier molecular flexibility index (Phi) is 3.96. The number of carbonyl (C=O) groups is 1. The molecule has 0 amide bonds. The van der Waals surface area contributed by atoms with Gasteiger partial charge in [-0.05, 0) is 30.3 Å². The van der Waals surface area contributed by atoms with Crippen molar-refractivity contribution in [3.8, 4) is 0 Å². The lowest BCUT2D eigenvalue weighted by Gasteiger charge is -2.13. The minimum atomic E-state index is -3.89. The highest BCUT2D eigenvalue weighted by Crippen LogP contribution is 2.20. The largest absolute Gasteiger partial charge is 0.545 e. The molecule has 20 heavy (non-hydrogen) atoms. The molecule has 0 aliphatic carbocycles. The van der Waals surface area contributed by atoms with Crippen LogP contribution in [0.2, 0.25) is 5.02 Å². The Hall–Kier alpha value is -2.05. The van der Waals surface area contributed by atoms with Gasteiger partial charge in [0.15, 0.2) is 0 Å². The lowest BCUT2D eigenvalue weighted by atomic mass is 10.2. The van der Waals surface area contributed by atoms with Crippen LogP contribution in [0.4, 0.5) is 5.69 Å². The number of para-hydroxylation sites is 1. The zero-order valence-corrected chi connectivity index (χ0v) is 11.6. The summed E-state index contributed by atoms with van der Waals surface area (Å²) in [7, 11) is -3.89. The van der Waals surface area contributed by atoms with Crippen LogP contribution in [0.5, 0.6) is 0 Å². The predicted octanol–water partition coefficient (Wildman–Crippen LogP) is 1.50. The first-order valence-electron chi connectivity index (χ1n) is 5.49. The molecule has 2 aromatic rings. The third-order valence-corrected chi connectivity index (χ3v) is 4.15. The summed E-state index contributed by atoms with van der Waals surface area (Å²) in [5.41, 5.74) is -0.285. The maximum Gasteiger partial charge on any atom is 0.261 e. The summed E-state index contributed by atoms with van der Waals surface area (Å²) in [4.78, 5) is 10.9. The van der Waals surface area contributed by atoms with Gasteiger partial charge < -0.3 is 9.90 Å². The number of aromatic carboxylic acids is 1. The van der Waals surface area contributed by atoms with Crippen LogP contribution in [0.3, 0.4) is 0 Å². The molecular weight excluding hydrogens is 302 g/mol. The van der Waals surface area contributed by atoms with Gasteiger partial charge in [-0.15, -0.1) is 0 Å². The minimum Gasteiger partial charge on any atom is -0.545 e. The Morgan fingerprint density at radius 3 is 2.25 bits per heavy atom. The maximum absolute atomic E-state index is 12.1. The molecule has 7 heteroatoms. The van der Waals surface area contributed by atoms with Crippen molar-refractivity contribution in [2.45, 2.75) is 4.90 Å². The number of carboxylic acids is 1. The molecule has 0 aliphatic rings. The second-order valence-electron chi connectivity index (χ2n) is 3.89. The standard InChI is InChI=1S/C13H10ClNO4S/c14-9-5-7-10(8-6-9)20(18,19)15-12-4-2-1-3-11(12)13(16)17/h1-8,15H,(H,16,17)/p-1. The molecular formula is C13H9ClNO4S-. The molecule has 0 bridgehead atoms. The zero-order chi connectivity index (χ0) is 14.8. The summed E-state index contributed by atoms with van der Waals surface area (Å²) in [6.45, 7) is 0. The van der Waals surface area contributed by atoms with Gasteiger partial charge in [-0.1, -0.05) is 29.8 Å². The molecule has 0 aliphatic heterocycles. The monoisotopic (exact) mass is 310 g/mol. The van der Waals surface area contributed by atoms with E-state index >= 15 is 0 Å². The quantitative estimate of drug-likeness (QED) is 0.927. The Balaban J connectivity index is 2.38. The van der Waals surface area contributed by atoms with Crippen molar-refractivity contribution < 1.29 is 18.3 Å². The van der Waals surface area contributed by atoms with Gasteiger partial charge in [0, 0.05) is 10.6 Å². The minimum absolute atomic E-state index is 0.0185. The second kappa shape index (κ2) is 5.52. The van der Waals surface area contributed by atoms with Crippen molar-refractivity contribution in [1.29, 1.82) is 0 Å². The molecule has 1 N–H and O–H groups in total. The summed E-state index contributed by atoms with van der Waals surface area (Å²) in [5, 5.41) is 11.3. The maximum atomic E-state index is 12.1. The van der Waals surface area contributed by atoms with E-state index in [2.05, 4.69) is 4.72 Å². The number of sulfonamides is 1. The fourth-order valence-electron chi connectivity index (χ4n) is 1.57. The number of nitrogens with one attached hydrogen (secondary N) is 1. The average Bonchev–Trinajstić information content (AvgIpc) is 2.39. The van der Waals surface area contributed by atoms with E-state index in [1.807, 2.05) is 0 Å². The van der Waals surface area contributed by atoms with Crippen molar-refractivity contribution in [2.75, 3.05) is 4.72 Å². The van der Waals surface area contributed by atoms with Crippen molar-refractivity contribution in [3.05, 3.63) is 59.1 Å². The highest BCUT2D eigenvalue weighted by molar-refractivity contribution is 7.92. The predicted molar refractivity (Wildman–Crippen MR) is 73.0 cm³/mol. The van der Waals surface area contributed by atoms with Crippen LogP contribution in [0.25, 0.3) is 0 Å². The van der Waals surface area contributed by atoms with Crippen molar-refractivity contribution >= 4 is 33.3 Å². The highest BCUT2D eigenvalue weighted by atomic mass is 35.5. The van der Waals surface area contributed by atoms with Crippen LogP contribution in [-0.2, 0) is 10.0 Å². The molecule has 0 spiro atoms. The van der Waals surface area contributed by atoms with Gasteiger partial charge in [0.05, 0.1) is 16.6 Å². The molecule has 0 radical (unpaired) electrons. The number of benzene rings is 2. The Bertz CT molecular complexity index is 741. The van der Waals surface area contributed by atoms with Crippen LogP contribution in [0.15, 0.2) is 53.4 Å².